The first-order chi connectivity index (χ1) is 10.3. The summed E-state index contributed by atoms with van der Waals surface area (Å²) in [6.45, 7) is 1.83. The highest BCUT2D eigenvalue weighted by atomic mass is 127. The minimum atomic E-state index is -1.52. The number of benzene rings is 2. The van der Waals surface area contributed by atoms with E-state index in [0.29, 0.717) is 5.69 Å². The zero-order valence-electron chi connectivity index (χ0n) is 11.4. The monoisotopic (exact) mass is 415 g/mol. The molecule has 0 fully saturated rings. The van der Waals surface area contributed by atoms with Crippen molar-refractivity contribution in [2.24, 2.45) is 0 Å². The molecule has 0 saturated carbocycles. The number of anilines is 2. The molecule has 0 saturated heterocycles. The van der Waals surface area contributed by atoms with Crippen molar-refractivity contribution in [2.75, 3.05) is 5.32 Å². The van der Waals surface area contributed by atoms with Gasteiger partial charge in [0.15, 0.2) is 0 Å². The van der Waals surface area contributed by atoms with Crippen LogP contribution in [0.4, 0.5) is 15.8 Å². The van der Waals surface area contributed by atoms with Crippen molar-refractivity contribution in [3.8, 4) is 0 Å². The molecule has 0 radical (unpaired) electrons. The van der Waals surface area contributed by atoms with Crippen LogP contribution >= 0.6 is 22.6 Å². The lowest BCUT2D eigenvalue weighted by atomic mass is 10.1. The van der Waals surface area contributed by atoms with Crippen molar-refractivity contribution >= 4 is 45.9 Å². The maximum atomic E-state index is 13.8. The molecule has 2 rings (SSSR count). The van der Waals surface area contributed by atoms with Gasteiger partial charge in [0.25, 0.3) is 0 Å². The molecule has 7 heteroatoms. The molecule has 0 bridgehead atoms. The molecule has 114 valence electrons. The van der Waals surface area contributed by atoms with E-state index in [-0.39, 0.29) is 11.3 Å². The third-order valence-electron chi connectivity index (χ3n) is 3.03. The van der Waals surface area contributed by atoms with Gasteiger partial charge in [-0.25, -0.2) is 14.0 Å². The highest BCUT2D eigenvalue weighted by Crippen LogP contribution is 2.27. The first-order valence-corrected chi connectivity index (χ1v) is 7.20. The fourth-order valence-corrected chi connectivity index (χ4v) is 2.58. The van der Waals surface area contributed by atoms with Crippen LogP contribution in [0.3, 0.4) is 0 Å². The van der Waals surface area contributed by atoms with Gasteiger partial charge < -0.3 is 15.5 Å². The molecule has 0 aliphatic carbocycles. The number of carboxylic acid groups (broad SMARTS) is 2. The van der Waals surface area contributed by atoms with E-state index in [4.69, 9.17) is 5.11 Å². The predicted molar refractivity (Wildman–Crippen MR) is 87.5 cm³/mol. The lowest BCUT2D eigenvalue weighted by molar-refractivity contribution is 0.0692. The van der Waals surface area contributed by atoms with Crippen LogP contribution in [0.15, 0.2) is 30.3 Å². The summed E-state index contributed by atoms with van der Waals surface area (Å²) in [6, 6.07) is 7.13. The first-order valence-electron chi connectivity index (χ1n) is 6.13. The number of aryl methyl sites for hydroxylation is 1. The Balaban J connectivity index is 2.52. The van der Waals surface area contributed by atoms with Gasteiger partial charge in [0.2, 0.25) is 0 Å². The second kappa shape index (κ2) is 6.30. The van der Waals surface area contributed by atoms with E-state index in [9.17, 15) is 19.1 Å². The highest BCUT2D eigenvalue weighted by molar-refractivity contribution is 14.1. The molecule has 0 heterocycles. The van der Waals surface area contributed by atoms with E-state index < -0.39 is 23.3 Å². The van der Waals surface area contributed by atoms with Gasteiger partial charge in [-0.2, -0.15) is 0 Å². The van der Waals surface area contributed by atoms with Crippen molar-refractivity contribution in [3.63, 3.8) is 0 Å². The van der Waals surface area contributed by atoms with Gasteiger partial charge >= 0.3 is 11.9 Å². The van der Waals surface area contributed by atoms with Gasteiger partial charge in [-0.15, -0.1) is 0 Å². The Morgan fingerprint density at radius 3 is 2.23 bits per heavy atom. The van der Waals surface area contributed by atoms with Crippen molar-refractivity contribution in [1.82, 2.24) is 0 Å². The van der Waals surface area contributed by atoms with Crippen molar-refractivity contribution in [1.29, 1.82) is 0 Å². The molecule has 0 amide bonds. The Kier molecular flexibility index (Phi) is 4.65. The van der Waals surface area contributed by atoms with Gasteiger partial charge in [0.1, 0.15) is 5.82 Å². The van der Waals surface area contributed by atoms with E-state index in [1.807, 2.05) is 19.1 Å². The topological polar surface area (TPSA) is 86.6 Å². The summed E-state index contributed by atoms with van der Waals surface area (Å²) in [6.07, 6.45) is 0. The number of aromatic carboxylic acids is 2. The van der Waals surface area contributed by atoms with Crippen LogP contribution in [0.1, 0.15) is 26.3 Å². The number of hydrogen-bond acceptors (Lipinski definition) is 3. The third-order valence-corrected chi connectivity index (χ3v) is 3.70. The van der Waals surface area contributed by atoms with E-state index in [2.05, 4.69) is 27.9 Å². The molecule has 2 aromatic carbocycles. The zero-order valence-corrected chi connectivity index (χ0v) is 13.5. The Labute approximate surface area is 138 Å². The second-order valence-corrected chi connectivity index (χ2v) is 5.82. The number of rotatable bonds is 4. The second-order valence-electron chi connectivity index (χ2n) is 4.57. The van der Waals surface area contributed by atoms with Crippen molar-refractivity contribution < 1.29 is 24.2 Å². The maximum absolute atomic E-state index is 13.8. The predicted octanol–water partition coefficient (Wildman–Crippen LogP) is 3.88. The van der Waals surface area contributed by atoms with Gasteiger partial charge in [-0.1, -0.05) is 0 Å². The molecule has 5 nitrogen and oxygen atoms in total. The van der Waals surface area contributed by atoms with E-state index in [0.717, 1.165) is 21.3 Å². The molecule has 0 atom stereocenters. The van der Waals surface area contributed by atoms with E-state index in [1.165, 1.54) is 0 Å². The summed E-state index contributed by atoms with van der Waals surface area (Å²) in [5.41, 5.74) is 0.481. The standard InChI is InChI=1S/C15H11FINO4/c1-7-4-8(17)2-3-12(7)18-13-6-11(16)9(14(19)20)5-10(13)15(21)22/h2-6,18H,1H3,(H,19,20)(H,21,22). The summed E-state index contributed by atoms with van der Waals surface area (Å²) in [5, 5.41) is 20.9. The minimum absolute atomic E-state index is 0.000641. The normalized spacial score (nSPS) is 10.3. The third kappa shape index (κ3) is 3.35. The lowest BCUT2D eigenvalue weighted by Crippen LogP contribution is -2.09. The summed E-state index contributed by atoms with van der Waals surface area (Å²) >= 11 is 2.14. The summed E-state index contributed by atoms with van der Waals surface area (Å²) in [5.74, 6) is -3.85. The molecule has 3 N–H and O–H groups in total. The van der Waals surface area contributed by atoms with Crippen LogP contribution in [0.5, 0.6) is 0 Å². The zero-order chi connectivity index (χ0) is 16.4. The number of halogens is 2. The fourth-order valence-electron chi connectivity index (χ4n) is 1.93. The molecular weight excluding hydrogens is 404 g/mol. The van der Waals surface area contributed by atoms with E-state index >= 15 is 0 Å². The number of carboxylic acids is 2. The Morgan fingerprint density at radius 2 is 1.68 bits per heavy atom. The Bertz CT molecular complexity index is 776. The molecular formula is C15H11FINO4. The molecule has 2 aromatic rings. The minimum Gasteiger partial charge on any atom is -0.478 e. The lowest BCUT2D eigenvalue weighted by Gasteiger charge is -2.13. The van der Waals surface area contributed by atoms with Crippen molar-refractivity contribution in [2.45, 2.75) is 6.92 Å². The Morgan fingerprint density at radius 1 is 1.05 bits per heavy atom. The average Bonchev–Trinajstić information content (AvgIpc) is 2.41. The molecule has 22 heavy (non-hydrogen) atoms. The van der Waals surface area contributed by atoms with Crippen LogP contribution in [-0.2, 0) is 0 Å². The van der Waals surface area contributed by atoms with E-state index in [1.54, 1.807) is 6.07 Å². The number of carbonyl (C=O) groups is 2. The molecule has 0 unspecified atom stereocenters. The molecule has 0 aliphatic rings. The summed E-state index contributed by atoms with van der Waals surface area (Å²) in [4.78, 5) is 22.2. The Hall–Kier alpha value is -2.16. The van der Waals surface area contributed by atoms with Gasteiger partial charge in [0.05, 0.1) is 16.8 Å². The average molecular weight is 415 g/mol. The first kappa shape index (κ1) is 16.2. The van der Waals surface area contributed by atoms with Crippen LogP contribution in [-0.4, -0.2) is 22.2 Å². The van der Waals surface area contributed by atoms with Gasteiger partial charge in [0, 0.05) is 9.26 Å². The van der Waals surface area contributed by atoms with Gasteiger partial charge in [-0.05, 0) is 65.4 Å². The largest absolute Gasteiger partial charge is 0.478 e. The quantitative estimate of drug-likeness (QED) is 0.660. The fraction of sp³-hybridized carbons (Fsp3) is 0.0667. The number of hydrogen-bond donors (Lipinski definition) is 3. The smallest absolute Gasteiger partial charge is 0.338 e. The van der Waals surface area contributed by atoms with Crippen LogP contribution in [0, 0.1) is 16.3 Å². The van der Waals surface area contributed by atoms with Crippen molar-refractivity contribution in [3.05, 3.63) is 56.4 Å². The molecule has 0 aromatic heterocycles. The van der Waals surface area contributed by atoms with Crippen LogP contribution < -0.4 is 5.32 Å². The summed E-state index contributed by atoms with van der Waals surface area (Å²) < 4.78 is 14.8. The molecule has 0 spiro atoms. The highest BCUT2D eigenvalue weighted by Gasteiger charge is 2.19. The maximum Gasteiger partial charge on any atom is 0.338 e. The number of nitrogens with one attached hydrogen (secondary N) is 1. The van der Waals surface area contributed by atoms with Crippen LogP contribution in [0.2, 0.25) is 0 Å². The summed E-state index contributed by atoms with van der Waals surface area (Å²) in [7, 11) is 0. The van der Waals surface area contributed by atoms with Gasteiger partial charge in [-0.3, -0.25) is 0 Å². The SMILES string of the molecule is Cc1cc(I)ccc1Nc1cc(F)c(C(=O)O)cc1C(=O)O. The van der Waals surface area contributed by atoms with Crippen LogP contribution in [0.25, 0.3) is 0 Å². The molecule has 0 aliphatic heterocycles.